The molecule has 0 bridgehead atoms. The summed E-state index contributed by atoms with van der Waals surface area (Å²) in [6, 6.07) is 3.29. The van der Waals surface area contributed by atoms with Crippen molar-refractivity contribution in [3.05, 3.63) is 30.4 Å². The average Bonchev–Trinajstić information content (AvgIpc) is 2.48. The maximum atomic E-state index is 11.9. The van der Waals surface area contributed by atoms with Gasteiger partial charge in [-0.25, -0.2) is 14.4 Å². The van der Waals surface area contributed by atoms with Crippen molar-refractivity contribution in [2.75, 3.05) is 7.11 Å². The van der Waals surface area contributed by atoms with E-state index in [1.807, 2.05) is 0 Å². The number of carbonyl (C=O) groups excluding carboxylic acids is 3. The van der Waals surface area contributed by atoms with Crippen LogP contribution in [-0.2, 0) is 23.9 Å². The predicted molar refractivity (Wildman–Crippen MR) is 76.7 cm³/mol. The highest BCUT2D eigenvalue weighted by Crippen LogP contribution is 2.26. The van der Waals surface area contributed by atoms with E-state index in [9.17, 15) is 24.6 Å². The zero-order chi connectivity index (χ0) is 17.4. The first-order valence-corrected chi connectivity index (χ1v) is 6.57. The quantitative estimate of drug-likeness (QED) is 0.453. The van der Waals surface area contributed by atoms with Crippen LogP contribution in [0.15, 0.2) is 30.4 Å². The molecule has 1 rings (SSSR count). The van der Waals surface area contributed by atoms with Crippen molar-refractivity contribution < 1.29 is 38.8 Å². The van der Waals surface area contributed by atoms with Gasteiger partial charge in [0.1, 0.15) is 17.2 Å². The van der Waals surface area contributed by atoms with E-state index >= 15 is 0 Å². The van der Waals surface area contributed by atoms with Crippen LogP contribution in [0.2, 0.25) is 0 Å². The fraction of sp³-hybridized carbons (Fsp3) is 0.267. The van der Waals surface area contributed by atoms with E-state index in [0.717, 1.165) is 37.5 Å². The third-order valence-electron chi connectivity index (χ3n) is 2.54. The molecule has 0 fully saturated rings. The van der Waals surface area contributed by atoms with E-state index in [1.54, 1.807) is 6.92 Å². The van der Waals surface area contributed by atoms with Crippen LogP contribution in [0.5, 0.6) is 17.2 Å². The standard InChI is InChI=1S/C15H16O8/c1-3-12(23-14(19)5-4-13(18)21-2)15(20)22-11-7-9(16)6-10(17)8-11/h4-8,12,16-17H,3H2,1-2H3/b5-4-. The molecule has 0 aliphatic heterocycles. The zero-order valence-electron chi connectivity index (χ0n) is 12.5. The summed E-state index contributed by atoms with van der Waals surface area (Å²) in [7, 11) is 1.15. The lowest BCUT2D eigenvalue weighted by Crippen LogP contribution is -2.30. The topological polar surface area (TPSA) is 119 Å². The van der Waals surface area contributed by atoms with Gasteiger partial charge in [0, 0.05) is 30.4 Å². The molecular weight excluding hydrogens is 308 g/mol. The fourth-order valence-corrected chi connectivity index (χ4v) is 1.49. The number of methoxy groups -OCH3 is 1. The number of rotatable bonds is 6. The van der Waals surface area contributed by atoms with Crippen LogP contribution in [0.4, 0.5) is 0 Å². The number of aromatic hydroxyl groups is 2. The first-order valence-electron chi connectivity index (χ1n) is 6.57. The molecular formula is C15H16O8. The number of phenolic OH excluding ortho intramolecular Hbond substituents is 2. The van der Waals surface area contributed by atoms with E-state index in [0.29, 0.717) is 0 Å². The van der Waals surface area contributed by atoms with Gasteiger partial charge < -0.3 is 24.4 Å². The molecule has 8 nitrogen and oxygen atoms in total. The molecule has 0 aromatic heterocycles. The summed E-state index contributed by atoms with van der Waals surface area (Å²) in [4.78, 5) is 34.3. The summed E-state index contributed by atoms with van der Waals surface area (Å²) in [6.45, 7) is 1.59. The van der Waals surface area contributed by atoms with Crippen LogP contribution in [0.3, 0.4) is 0 Å². The molecule has 0 amide bonds. The van der Waals surface area contributed by atoms with Gasteiger partial charge in [-0.05, 0) is 6.42 Å². The third-order valence-corrected chi connectivity index (χ3v) is 2.54. The van der Waals surface area contributed by atoms with Crippen LogP contribution < -0.4 is 4.74 Å². The zero-order valence-corrected chi connectivity index (χ0v) is 12.5. The minimum atomic E-state index is -1.21. The SMILES string of the molecule is CCC(OC(=O)/C=C\C(=O)OC)C(=O)Oc1cc(O)cc(O)c1. The van der Waals surface area contributed by atoms with E-state index in [2.05, 4.69) is 4.74 Å². The summed E-state index contributed by atoms with van der Waals surface area (Å²) in [6.07, 6.45) is 0.589. The Morgan fingerprint density at radius 1 is 1.09 bits per heavy atom. The van der Waals surface area contributed by atoms with Gasteiger partial charge in [0.2, 0.25) is 0 Å². The van der Waals surface area contributed by atoms with Gasteiger partial charge in [-0.3, -0.25) is 0 Å². The van der Waals surface area contributed by atoms with Crippen molar-refractivity contribution in [2.24, 2.45) is 0 Å². The highest BCUT2D eigenvalue weighted by atomic mass is 16.6. The molecule has 124 valence electrons. The van der Waals surface area contributed by atoms with Crippen LogP contribution in [0, 0.1) is 0 Å². The van der Waals surface area contributed by atoms with E-state index < -0.39 is 24.0 Å². The highest BCUT2D eigenvalue weighted by molar-refractivity contribution is 5.92. The Morgan fingerprint density at radius 2 is 1.65 bits per heavy atom. The molecule has 0 heterocycles. The fourth-order valence-electron chi connectivity index (χ4n) is 1.49. The molecule has 2 N–H and O–H groups in total. The molecule has 1 unspecified atom stereocenters. The molecule has 0 saturated carbocycles. The second kappa shape index (κ2) is 8.42. The van der Waals surface area contributed by atoms with Gasteiger partial charge in [0.25, 0.3) is 0 Å². The van der Waals surface area contributed by atoms with Crippen LogP contribution in [0.25, 0.3) is 0 Å². The molecule has 23 heavy (non-hydrogen) atoms. The Morgan fingerprint density at radius 3 is 2.17 bits per heavy atom. The lowest BCUT2D eigenvalue weighted by atomic mass is 10.2. The molecule has 1 atom stereocenters. The minimum absolute atomic E-state index is 0.105. The number of hydrogen-bond acceptors (Lipinski definition) is 8. The lowest BCUT2D eigenvalue weighted by Gasteiger charge is -2.14. The van der Waals surface area contributed by atoms with Crippen LogP contribution in [0.1, 0.15) is 13.3 Å². The lowest BCUT2D eigenvalue weighted by molar-refractivity contribution is -0.159. The van der Waals surface area contributed by atoms with Crippen LogP contribution >= 0.6 is 0 Å². The molecule has 0 spiro atoms. The second-order valence-electron chi connectivity index (χ2n) is 4.30. The number of phenols is 2. The van der Waals surface area contributed by atoms with Crippen molar-refractivity contribution in [3.63, 3.8) is 0 Å². The number of esters is 3. The summed E-state index contributed by atoms with van der Waals surface area (Å²) < 4.78 is 14.1. The molecule has 0 saturated heterocycles. The molecule has 0 radical (unpaired) electrons. The molecule has 8 heteroatoms. The third kappa shape index (κ3) is 6.08. The van der Waals surface area contributed by atoms with Gasteiger partial charge in [-0.1, -0.05) is 6.92 Å². The Bertz CT molecular complexity index is 600. The smallest absolute Gasteiger partial charge is 0.352 e. The number of benzene rings is 1. The number of hydrogen-bond donors (Lipinski definition) is 2. The molecule has 0 aliphatic carbocycles. The second-order valence-corrected chi connectivity index (χ2v) is 4.30. The van der Waals surface area contributed by atoms with E-state index in [1.165, 1.54) is 0 Å². The van der Waals surface area contributed by atoms with Crippen molar-refractivity contribution >= 4 is 17.9 Å². The minimum Gasteiger partial charge on any atom is -0.508 e. The summed E-state index contributed by atoms with van der Waals surface area (Å²) >= 11 is 0. The van der Waals surface area contributed by atoms with Crippen molar-refractivity contribution in [1.29, 1.82) is 0 Å². The first kappa shape index (κ1) is 18.0. The Kier molecular flexibility index (Phi) is 6.60. The normalized spacial score (nSPS) is 11.7. The maximum absolute atomic E-state index is 11.9. The number of ether oxygens (including phenoxy) is 3. The Balaban J connectivity index is 2.69. The Hall–Kier alpha value is -3.03. The van der Waals surface area contributed by atoms with Gasteiger partial charge in [0.05, 0.1) is 7.11 Å². The van der Waals surface area contributed by atoms with E-state index in [4.69, 9.17) is 9.47 Å². The van der Waals surface area contributed by atoms with Gasteiger partial charge >= 0.3 is 17.9 Å². The number of carbonyl (C=O) groups is 3. The van der Waals surface area contributed by atoms with Gasteiger partial charge in [0.15, 0.2) is 6.10 Å². The largest absolute Gasteiger partial charge is 0.508 e. The monoisotopic (exact) mass is 324 g/mol. The maximum Gasteiger partial charge on any atom is 0.352 e. The van der Waals surface area contributed by atoms with Gasteiger partial charge in [-0.15, -0.1) is 0 Å². The van der Waals surface area contributed by atoms with Crippen molar-refractivity contribution in [1.82, 2.24) is 0 Å². The van der Waals surface area contributed by atoms with Crippen molar-refractivity contribution in [2.45, 2.75) is 19.4 Å². The van der Waals surface area contributed by atoms with Gasteiger partial charge in [-0.2, -0.15) is 0 Å². The molecule has 0 aliphatic rings. The summed E-state index contributed by atoms with van der Waals surface area (Å²) in [5.41, 5.74) is 0. The molecule has 1 aromatic carbocycles. The molecule has 1 aromatic rings. The van der Waals surface area contributed by atoms with Crippen molar-refractivity contribution in [3.8, 4) is 17.2 Å². The van der Waals surface area contributed by atoms with Crippen LogP contribution in [-0.4, -0.2) is 41.3 Å². The summed E-state index contributed by atoms with van der Waals surface area (Å²) in [5.74, 6) is -3.24. The van der Waals surface area contributed by atoms with E-state index in [-0.39, 0.29) is 23.7 Å². The summed E-state index contributed by atoms with van der Waals surface area (Å²) in [5, 5.41) is 18.6. The first-order chi connectivity index (χ1) is 10.8. The Labute approximate surface area is 131 Å². The average molecular weight is 324 g/mol. The highest BCUT2D eigenvalue weighted by Gasteiger charge is 2.23. The predicted octanol–water partition coefficient (Wildman–Crippen LogP) is 1.05.